The van der Waals surface area contributed by atoms with Gasteiger partial charge in [-0.25, -0.2) is 4.39 Å². The summed E-state index contributed by atoms with van der Waals surface area (Å²) in [4.78, 5) is 18.2. The van der Waals surface area contributed by atoms with Crippen LogP contribution in [-0.2, 0) is 32.2 Å². The number of amides is 1. The number of nitrogens with zero attached hydrogens (tertiary/aromatic N) is 2. The molecule has 3 aliphatic heterocycles. The molecule has 0 N–H and O–H groups in total. The predicted molar refractivity (Wildman–Crippen MR) is 112 cm³/mol. The van der Waals surface area contributed by atoms with Crippen LogP contribution in [0.3, 0.4) is 0 Å². The van der Waals surface area contributed by atoms with Gasteiger partial charge in [0.15, 0.2) is 5.82 Å². The standard InChI is InChI=1S/C22H16Cl2F4N2O3/c1-11(31)30-9-20(10-30)15-3-2-12(4-13(15)8-32-20)18-7-21(33-29-18,22(26,27)28)14-5-16(23)19(25)17(24)6-14/h2-6H,7-10H2,1H3. The van der Waals surface area contributed by atoms with Crippen molar-refractivity contribution in [2.45, 2.75) is 37.3 Å². The number of oxime groups is 1. The van der Waals surface area contributed by atoms with Crippen molar-refractivity contribution in [2.24, 2.45) is 5.16 Å². The van der Waals surface area contributed by atoms with Gasteiger partial charge in [-0.15, -0.1) is 0 Å². The molecule has 5 rings (SSSR count). The van der Waals surface area contributed by atoms with Gasteiger partial charge < -0.3 is 14.5 Å². The van der Waals surface area contributed by atoms with Crippen LogP contribution in [-0.4, -0.2) is 35.8 Å². The molecule has 2 aromatic rings. The molecule has 5 nitrogen and oxygen atoms in total. The molecule has 0 saturated carbocycles. The highest BCUT2D eigenvalue weighted by Gasteiger charge is 2.62. The van der Waals surface area contributed by atoms with Crippen molar-refractivity contribution in [3.8, 4) is 0 Å². The van der Waals surface area contributed by atoms with E-state index in [0.717, 1.165) is 23.3 Å². The molecule has 3 aliphatic rings. The number of rotatable bonds is 2. The maximum absolute atomic E-state index is 14.2. The van der Waals surface area contributed by atoms with E-state index in [0.29, 0.717) is 18.7 Å². The first kappa shape index (κ1) is 22.4. The van der Waals surface area contributed by atoms with E-state index in [1.165, 1.54) is 6.92 Å². The van der Waals surface area contributed by atoms with Crippen molar-refractivity contribution in [1.29, 1.82) is 0 Å². The summed E-state index contributed by atoms with van der Waals surface area (Å²) in [6, 6.07) is 6.88. The van der Waals surface area contributed by atoms with Crippen molar-refractivity contribution in [1.82, 2.24) is 4.90 Å². The molecule has 1 spiro atoms. The maximum Gasteiger partial charge on any atom is 0.435 e. The lowest BCUT2D eigenvalue weighted by molar-refractivity contribution is -0.275. The van der Waals surface area contributed by atoms with Gasteiger partial charge in [-0.2, -0.15) is 13.2 Å². The van der Waals surface area contributed by atoms with Crippen LogP contribution in [0.5, 0.6) is 0 Å². The van der Waals surface area contributed by atoms with Gasteiger partial charge >= 0.3 is 6.18 Å². The molecule has 1 saturated heterocycles. The summed E-state index contributed by atoms with van der Waals surface area (Å²) in [5.41, 5.74) is -1.62. The summed E-state index contributed by atoms with van der Waals surface area (Å²) in [7, 11) is 0. The lowest BCUT2D eigenvalue weighted by Crippen LogP contribution is -2.60. The van der Waals surface area contributed by atoms with E-state index in [1.807, 2.05) is 0 Å². The number of benzene rings is 2. The summed E-state index contributed by atoms with van der Waals surface area (Å²) >= 11 is 11.5. The van der Waals surface area contributed by atoms with E-state index in [1.54, 1.807) is 23.1 Å². The Morgan fingerprint density at radius 1 is 1.15 bits per heavy atom. The molecule has 1 atom stereocenters. The second kappa shape index (κ2) is 7.32. The van der Waals surface area contributed by atoms with Gasteiger partial charge in [0, 0.05) is 18.9 Å². The highest BCUT2D eigenvalue weighted by Crippen LogP contribution is 2.50. The zero-order valence-corrected chi connectivity index (χ0v) is 18.6. The molecular weight excluding hydrogens is 487 g/mol. The van der Waals surface area contributed by atoms with Gasteiger partial charge in [-0.05, 0) is 34.9 Å². The molecule has 0 aromatic heterocycles. The van der Waals surface area contributed by atoms with Crippen LogP contribution >= 0.6 is 23.2 Å². The second-order valence-electron chi connectivity index (χ2n) is 8.41. The lowest BCUT2D eigenvalue weighted by atomic mass is 9.83. The third kappa shape index (κ3) is 3.32. The fourth-order valence-corrected chi connectivity index (χ4v) is 5.02. The molecule has 0 aliphatic carbocycles. The lowest BCUT2D eigenvalue weighted by Gasteiger charge is -2.47. The van der Waals surface area contributed by atoms with Crippen LogP contribution < -0.4 is 0 Å². The summed E-state index contributed by atoms with van der Waals surface area (Å²) in [6.45, 7) is 2.62. The molecule has 1 amide bonds. The number of hydrogen-bond donors (Lipinski definition) is 0. The number of hydrogen-bond acceptors (Lipinski definition) is 4. The normalized spacial score (nSPS) is 23.2. The third-order valence-electron chi connectivity index (χ3n) is 6.41. The number of fused-ring (bicyclic) bond motifs is 2. The zero-order valence-electron chi connectivity index (χ0n) is 17.1. The van der Waals surface area contributed by atoms with Crippen molar-refractivity contribution in [3.05, 3.63) is 68.4 Å². The summed E-state index contributed by atoms with van der Waals surface area (Å²) in [5, 5.41) is 2.65. The SMILES string of the molecule is CC(=O)N1CC2(C1)OCc1cc(C3=NOC(c4cc(Cl)c(F)c(Cl)c4)(C(F)(F)F)C3)ccc12. The van der Waals surface area contributed by atoms with Crippen LogP contribution in [0.25, 0.3) is 0 Å². The summed E-state index contributed by atoms with van der Waals surface area (Å²) < 4.78 is 62.3. The predicted octanol–water partition coefficient (Wildman–Crippen LogP) is 5.30. The van der Waals surface area contributed by atoms with Gasteiger partial charge in [0.25, 0.3) is 5.60 Å². The molecule has 1 unspecified atom stereocenters. The molecule has 0 bridgehead atoms. The van der Waals surface area contributed by atoms with Crippen molar-refractivity contribution in [2.75, 3.05) is 13.1 Å². The molecule has 174 valence electrons. The smallest absolute Gasteiger partial charge is 0.374 e. The average Bonchev–Trinajstić information content (AvgIpc) is 3.33. The number of ether oxygens (including phenoxy) is 1. The first-order valence-electron chi connectivity index (χ1n) is 9.96. The largest absolute Gasteiger partial charge is 0.435 e. The molecule has 33 heavy (non-hydrogen) atoms. The summed E-state index contributed by atoms with van der Waals surface area (Å²) in [5.74, 6) is -1.05. The molecule has 3 heterocycles. The number of likely N-dealkylation sites (tertiary alicyclic amines) is 1. The fourth-order valence-electron chi connectivity index (χ4n) is 4.53. The quantitative estimate of drug-likeness (QED) is 0.413. The van der Waals surface area contributed by atoms with Crippen molar-refractivity contribution < 1.29 is 31.9 Å². The van der Waals surface area contributed by atoms with E-state index in [9.17, 15) is 22.4 Å². The Labute approximate surface area is 195 Å². The van der Waals surface area contributed by atoms with Crippen LogP contribution in [0.4, 0.5) is 17.6 Å². The van der Waals surface area contributed by atoms with E-state index in [2.05, 4.69) is 5.16 Å². The second-order valence-corrected chi connectivity index (χ2v) is 9.23. The Balaban J connectivity index is 1.45. The van der Waals surface area contributed by atoms with Crippen molar-refractivity contribution in [3.63, 3.8) is 0 Å². The maximum atomic E-state index is 14.2. The molecule has 11 heteroatoms. The minimum absolute atomic E-state index is 0.0451. The monoisotopic (exact) mass is 502 g/mol. The minimum Gasteiger partial charge on any atom is -0.374 e. The third-order valence-corrected chi connectivity index (χ3v) is 6.96. The van der Waals surface area contributed by atoms with Crippen LogP contribution in [0.2, 0.25) is 10.0 Å². The van der Waals surface area contributed by atoms with Gasteiger partial charge in [0.2, 0.25) is 5.91 Å². The number of halogens is 6. The van der Waals surface area contributed by atoms with Crippen LogP contribution in [0.15, 0.2) is 35.5 Å². The minimum atomic E-state index is -4.88. The Hall–Kier alpha value is -2.36. The van der Waals surface area contributed by atoms with Gasteiger partial charge in [0.1, 0.15) is 5.60 Å². The zero-order chi connectivity index (χ0) is 23.8. The Kier molecular flexibility index (Phi) is 4.97. The Morgan fingerprint density at radius 3 is 2.42 bits per heavy atom. The topological polar surface area (TPSA) is 51.1 Å². The van der Waals surface area contributed by atoms with Gasteiger partial charge in [-0.1, -0.05) is 40.5 Å². The molecule has 2 aromatic carbocycles. The van der Waals surface area contributed by atoms with E-state index >= 15 is 0 Å². The summed E-state index contributed by atoms with van der Waals surface area (Å²) in [6.07, 6.45) is -5.52. The fraction of sp³-hybridized carbons (Fsp3) is 0.364. The Bertz CT molecular complexity index is 1190. The van der Waals surface area contributed by atoms with Crippen LogP contribution in [0.1, 0.15) is 35.6 Å². The van der Waals surface area contributed by atoms with Gasteiger partial charge in [-0.3, -0.25) is 4.79 Å². The number of carbonyl (C=O) groups is 1. The Morgan fingerprint density at radius 2 is 1.82 bits per heavy atom. The van der Waals surface area contributed by atoms with E-state index in [4.69, 9.17) is 32.8 Å². The highest BCUT2D eigenvalue weighted by atomic mass is 35.5. The van der Waals surface area contributed by atoms with E-state index < -0.39 is 45.2 Å². The molecule has 1 fully saturated rings. The first-order valence-corrected chi connectivity index (χ1v) is 10.7. The highest BCUT2D eigenvalue weighted by molar-refractivity contribution is 6.35. The first-order chi connectivity index (χ1) is 15.5. The van der Waals surface area contributed by atoms with Crippen molar-refractivity contribution >= 4 is 34.8 Å². The average molecular weight is 503 g/mol. The number of carbonyl (C=O) groups excluding carboxylic acids is 1. The van der Waals surface area contributed by atoms with E-state index in [-0.39, 0.29) is 18.2 Å². The van der Waals surface area contributed by atoms with Gasteiger partial charge in [0.05, 0.1) is 35.5 Å². The molecule has 0 radical (unpaired) electrons. The number of alkyl halides is 3. The van der Waals surface area contributed by atoms with Crippen LogP contribution in [0, 0.1) is 5.82 Å². The molecular formula is C22H16Cl2F4N2O3.